The van der Waals surface area contributed by atoms with Crippen molar-refractivity contribution in [3.63, 3.8) is 0 Å². The summed E-state index contributed by atoms with van der Waals surface area (Å²) in [6, 6.07) is 0. The minimum absolute atomic E-state index is 0.0951. The van der Waals surface area contributed by atoms with Gasteiger partial charge >= 0.3 is 11.9 Å². The molecule has 0 aliphatic rings. The van der Waals surface area contributed by atoms with E-state index in [1.165, 1.54) is 0 Å². The van der Waals surface area contributed by atoms with E-state index in [2.05, 4.69) is 25.2 Å². The average molecular weight is 385 g/mol. The van der Waals surface area contributed by atoms with E-state index < -0.39 is 24.1 Å². The Morgan fingerprint density at radius 2 is 1.67 bits per heavy atom. The summed E-state index contributed by atoms with van der Waals surface area (Å²) in [5.74, 6) is -1.44. The smallest absolute Gasteiger partial charge is 0.307 e. The zero-order valence-corrected chi connectivity index (χ0v) is 17.4. The van der Waals surface area contributed by atoms with Gasteiger partial charge in [-0.1, -0.05) is 37.6 Å². The highest BCUT2D eigenvalue weighted by atomic mass is 16.5. The summed E-state index contributed by atoms with van der Waals surface area (Å²) in [6.45, 7) is 2.57. The van der Waals surface area contributed by atoms with Crippen LogP contribution in [0.4, 0.5) is 0 Å². The summed E-state index contributed by atoms with van der Waals surface area (Å²) in [6.07, 6.45) is 11.9. The van der Waals surface area contributed by atoms with Gasteiger partial charge in [-0.15, -0.1) is 0 Å². The summed E-state index contributed by atoms with van der Waals surface area (Å²) >= 11 is 0. The Morgan fingerprint density at radius 1 is 1.04 bits per heavy atom. The molecule has 0 bridgehead atoms. The number of unbranched alkanes of at least 4 members (excludes halogenated alkanes) is 1. The lowest BCUT2D eigenvalue weighted by Crippen LogP contribution is -2.43. The largest absolute Gasteiger partial charge is 0.481 e. The molecule has 0 saturated heterocycles. The molecule has 6 nitrogen and oxygen atoms in total. The van der Waals surface area contributed by atoms with Crippen LogP contribution in [0.2, 0.25) is 0 Å². The van der Waals surface area contributed by atoms with E-state index in [0.717, 1.165) is 25.7 Å². The molecule has 6 heteroatoms. The molecule has 0 heterocycles. The first kappa shape index (κ1) is 25.3. The summed E-state index contributed by atoms with van der Waals surface area (Å²) in [7, 11) is 5.75. The van der Waals surface area contributed by atoms with Crippen molar-refractivity contribution in [3.8, 4) is 0 Å². The van der Waals surface area contributed by atoms with Crippen LogP contribution >= 0.6 is 0 Å². The van der Waals surface area contributed by atoms with Crippen molar-refractivity contribution < 1.29 is 29.0 Å². The summed E-state index contributed by atoms with van der Waals surface area (Å²) in [4.78, 5) is 22.9. The second-order valence-corrected chi connectivity index (χ2v) is 7.92. The first-order valence-corrected chi connectivity index (χ1v) is 9.83. The van der Waals surface area contributed by atoms with Crippen LogP contribution in [-0.4, -0.2) is 66.5 Å². The standard InChI is InChI=1S/C21H37NO5/c1-5-6-7-8-9-10-11-12-13-18(23)14-15-21(26)27-19(16-20(24)25)17-22(2,3)4/h7-8,10-11,18-19,23H,5-6,9,12-17H2,1-4H3/p+1/b8-7+,11-10+. The average Bonchev–Trinajstić information content (AvgIpc) is 2.53. The number of ether oxygens (including phenoxy) is 1. The molecule has 0 rings (SSSR count). The fourth-order valence-electron chi connectivity index (χ4n) is 2.58. The van der Waals surface area contributed by atoms with Gasteiger partial charge in [-0.2, -0.15) is 0 Å². The molecule has 0 aliphatic carbocycles. The number of carboxylic acid groups (broad SMARTS) is 1. The fourth-order valence-corrected chi connectivity index (χ4v) is 2.58. The molecule has 0 radical (unpaired) electrons. The van der Waals surface area contributed by atoms with Crippen LogP contribution < -0.4 is 0 Å². The lowest BCUT2D eigenvalue weighted by atomic mass is 10.1. The first-order valence-electron chi connectivity index (χ1n) is 9.83. The van der Waals surface area contributed by atoms with Crippen LogP contribution in [0.15, 0.2) is 24.3 Å². The summed E-state index contributed by atoms with van der Waals surface area (Å²) < 4.78 is 5.82. The molecule has 0 aromatic heterocycles. The zero-order valence-electron chi connectivity index (χ0n) is 17.4. The SMILES string of the molecule is CCC/C=C/C/C=C/CCC(O)CCC(=O)OC(CC(=O)O)C[N+](C)(C)C. The molecule has 0 aromatic rings. The van der Waals surface area contributed by atoms with E-state index in [4.69, 9.17) is 9.84 Å². The summed E-state index contributed by atoms with van der Waals surface area (Å²) in [5, 5.41) is 18.9. The number of carboxylic acids is 1. The molecule has 0 fully saturated rings. The van der Waals surface area contributed by atoms with Gasteiger partial charge in [-0.3, -0.25) is 9.59 Å². The van der Waals surface area contributed by atoms with Gasteiger partial charge < -0.3 is 19.4 Å². The van der Waals surface area contributed by atoms with Crippen LogP contribution in [0, 0.1) is 0 Å². The number of aliphatic hydroxyl groups is 1. The maximum Gasteiger partial charge on any atom is 0.307 e. The van der Waals surface area contributed by atoms with E-state index in [1.54, 1.807) is 0 Å². The highest BCUT2D eigenvalue weighted by molar-refractivity contribution is 5.71. The van der Waals surface area contributed by atoms with Gasteiger partial charge in [0.2, 0.25) is 0 Å². The number of hydrogen-bond acceptors (Lipinski definition) is 4. The third-order valence-electron chi connectivity index (χ3n) is 3.86. The number of hydrogen-bond donors (Lipinski definition) is 2. The quantitative estimate of drug-likeness (QED) is 0.257. The van der Waals surface area contributed by atoms with Gasteiger partial charge in [0.05, 0.1) is 33.7 Å². The molecule has 0 spiro atoms. The van der Waals surface area contributed by atoms with Crippen LogP contribution in [0.25, 0.3) is 0 Å². The fraction of sp³-hybridized carbons (Fsp3) is 0.714. The van der Waals surface area contributed by atoms with Gasteiger partial charge in [0.15, 0.2) is 6.10 Å². The van der Waals surface area contributed by atoms with Gasteiger partial charge in [0.25, 0.3) is 0 Å². The van der Waals surface area contributed by atoms with Crippen LogP contribution in [0.3, 0.4) is 0 Å². The van der Waals surface area contributed by atoms with Gasteiger partial charge in [-0.05, 0) is 32.1 Å². The van der Waals surface area contributed by atoms with E-state index in [0.29, 0.717) is 23.9 Å². The number of nitrogens with zero attached hydrogens (tertiary/aromatic N) is 1. The number of rotatable bonds is 15. The van der Waals surface area contributed by atoms with Crippen molar-refractivity contribution in [2.24, 2.45) is 0 Å². The lowest BCUT2D eigenvalue weighted by molar-refractivity contribution is -0.873. The Balaban J connectivity index is 4.09. The van der Waals surface area contributed by atoms with Crippen molar-refractivity contribution in [2.75, 3.05) is 27.7 Å². The molecule has 0 aliphatic heterocycles. The minimum atomic E-state index is -0.988. The highest BCUT2D eigenvalue weighted by Gasteiger charge is 2.24. The van der Waals surface area contributed by atoms with Crippen molar-refractivity contribution in [2.45, 2.75) is 70.5 Å². The van der Waals surface area contributed by atoms with Crippen LogP contribution in [0.1, 0.15) is 58.3 Å². The first-order chi connectivity index (χ1) is 12.6. The molecule has 27 heavy (non-hydrogen) atoms. The number of carbonyl (C=O) groups excluding carboxylic acids is 1. The lowest BCUT2D eigenvalue weighted by Gasteiger charge is -2.28. The number of aliphatic hydroxyl groups excluding tert-OH is 1. The van der Waals surface area contributed by atoms with Crippen molar-refractivity contribution in [3.05, 3.63) is 24.3 Å². The summed E-state index contributed by atoms with van der Waals surface area (Å²) in [5.41, 5.74) is 0. The Morgan fingerprint density at radius 3 is 2.22 bits per heavy atom. The molecule has 2 atom stereocenters. The molecule has 2 unspecified atom stereocenters. The molecule has 0 aromatic carbocycles. The molecular formula is C21H38NO5+. The highest BCUT2D eigenvalue weighted by Crippen LogP contribution is 2.10. The number of likely N-dealkylation sites (N-methyl/N-ethyl adjacent to an activating group) is 1. The predicted octanol–water partition coefficient (Wildman–Crippen LogP) is 3.30. The molecule has 156 valence electrons. The molecule has 0 saturated carbocycles. The Hall–Kier alpha value is -1.66. The normalized spacial score (nSPS) is 14.6. The van der Waals surface area contributed by atoms with Crippen molar-refractivity contribution >= 4 is 11.9 Å². The monoisotopic (exact) mass is 384 g/mol. The molecular weight excluding hydrogens is 346 g/mol. The third kappa shape index (κ3) is 17.5. The molecule has 0 amide bonds. The number of quaternary nitrogens is 1. The molecule has 2 N–H and O–H groups in total. The number of carbonyl (C=O) groups is 2. The third-order valence-corrected chi connectivity index (χ3v) is 3.86. The zero-order chi connectivity index (χ0) is 20.7. The second-order valence-electron chi connectivity index (χ2n) is 7.92. The second kappa shape index (κ2) is 14.4. The van der Waals surface area contributed by atoms with Gasteiger partial charge in [0.1, 0.15) is 6.54 Å². The predicted molar refractivity (Wildman–Crippen MR) is 107 cm³/mol. The number of esters is 1. The maximum absolute atomic E-state index is 12.0. The van der Waals surface area contributed by atoms with E-state index in [9.17, 15) is 14.7 Å². The Bertz CT molecular complexity index is 479. The van der Waals surface area contributed by atoms with Crippen molar-refractivity contribution in [1.82, 2.24) is 0 Å². The number of aliphatic carboxylic acids is 1. The van der Waals surface area contributed by atoms with Crippen LogP contribution in [-0.2, 0) is 14.3 Å². The van der Waals surface area contributed by atoms with E-state index in [-0.39, 0.29) is 12.8 Å². The van der Waals surface area contributed by atoms with E-state index in [1.807, 2.05) is 27.2 Å². The number of allylic oxidation sites excluding steroid dienone is 4. The Kier molecular flexibility index (Phi) is 13.5. The topological polar surface area (TPSA) is 83.8 Å². The van der Waals surface area contributed by atoms with Gasteiger partial charge in [0, 0.05) is 6.42 Å². The van der Waals surface area contributed by atoms with Crippen molar-refractivity contribution in [1.29, 1.82) is 0 Å². The van der Waals surface area contributed by atoms with Crippen LogP contribution in [0.5, 0.6) is 0 Å². The van der Waals surface area contributed by atoms with E-state index >= 15 is 0 Å². The maximum atomic E-state index is 12.0. The van der Waals surface area contributed by atoms with Gasteiger partial charge in [-0.25, -0.2) is 0 Å². The minimum Gasteiger partial charge on any atom is -0.481 e. The Labute approximate surface area is 164 Å².